The number of aliphatic hydroxyl groups excluding tert-OH is 1. The van der Waals surface area contributed by atoms with Crippen LogP contribution in [0.4, 0.5) is 0 Å². The average Bonchev–Trinajstić information content (AvgIpc) is 2.72. The predicted molar refractivity (Wildman–Crippen MR) is 82.8 cm³/mol. The zero-order chi connectivity index (χ0) is 14.8. The van der Waals surface area contributed by atoms with E-state index in [0.29, 0.717) is 24.7 Å². The van der Waals surface area contributed by atoms with Gasteiger partial charge in [0.15, 0.2) is 11.5 Å². The number of benzene rings is 1. The molecule has 0 bridgehead atoms. The largest absolute Gasteiger partial charge is 0.490 e. The van der Waals surface area contributed by atoms with Gasteiger partial charge >= 0.3 is 0 Å². The van der Waals surface area contributed by atoms with Gasteiger partial charge in [0.2, 0.25) is 0 Å². The summed E-state index contributed by atoms with van der Waals surface area (Å²) in [6.07, 6.45) is 3.51. The lowest BCUT2D eigenvalue weighted by Crippen LogP contribution is -2.04. The number of aryl methyl sites for hydroxylation is 1. The fraction of sp³-hybridized carbons (Fsp3) is 0.312. The van der Waals surface area contributed by atoms with Crippen LogP contribution in [0, 0.1) is 6.92 Å². The van der Waals surface area contributed by atoms with Gasteiger partial charge in [0.25, 0.3) is 0 Å². The fourth-order valence-electron chi connectivity index (χ4n) is 2.35. The summed E-state index contributed by atoms with van der Waals surface area (Å²) in [4.78, 5) is 4.09. The molecule has 1 unspecified atom stereocenters. The van der Waals surface area contributed by atoms with Gasteiger partial charge in [-0.1, -0.05) is 0 Å². The molecule has 0 saturated carbocycles. The molecule has 110 valence electrons. The van der Waals surface area contributed by atoms with Crippen LogP contribution in [-0.4, -0.2) is 23.3 Å². The Kier molecular flexibility index (Phi) is 4.12. The smallest absolute Gasteiger partial charge is 0.175 e. The molecule has 0 saturated heterocycles. The number of fused-ring (bicyclic) bond motifs is 1. The molecule has 0 radical (unpaired) electrons. The second-order valence-corrected chi connectivity index (χ2v) is 5.87. The normalized spacial score (nSPS) is 15.4. The van der Waals surface area contributed by atoms with Crippen LogP contribution in [0.5, 0.6) is 11.5 Å². The monoisotopic (exact) mass is 349 g/mol. The first-order chi connectivity index (χ1) is 10.2. The maximum absolute atomic E-state index is 10.6. The van der Waals surface area contributed by atoms with Crippen molar-refractivity contribution in [2.45, 2.75) is 19.4 Å². The summed E-state index contributed by atoms with van der Waals surface area (Å²) < 4.78 is 12.2. The Morgan fingerprint density at radius 3 is 2.90 bits per heavy atom. The van der Waals surface area contributed by atoms with E-state index in [0.717, 1.165) is 27.6 Å². The summed E-state index contributed by atoms with van der Waals surface area (Å²) in [5, 5.41) is 10.6. The molecule has 0 aliphatic carbocycles. The van der Waals surface area contributed by atoms with Crippen molar-refractivity contribution in [3.05, 3.63) is 51.8 Å². The number of aliphatic hydroxyl groups is 1. The first-order valence-corrected chi connectivity index (χ1v) is 7.63. The summed E-state index contributed by atoms with van der Waals surface area (Å²) in [6, 6.07) is 5.59. The van der Waals surface area contributed by atoms with Crippen LogP contribution in [-0.2, 0) is 0 Å². The number of ether oxygens (including phenoxy) is 2. The van der Waals surface area contributed by atoms with Crippen molar-refractivity contribution in [1.82, 2.24) is 4.98 Å². The number of pyridine rings is 1. The third-order valence-electron chi connectivity index (χ3n) is 3.51. The van der Waals surface area contributed by atoms with E-state index in [4.69, 9.17) is 9.47 Å². The molecule has 1 atom stereocenters. The highest BCUT2D eigenvalue weighted by molar-refractivity contribution is 9.10. The maximum Gasteiger partial charge on any atom is 0.175 e. The minimum Gasteiger partial charge on any atom is -0.490 e. The van der Waals surface area contributed by atoms with Gasteiger partial charge in [-0.2, -0.15) is 0 Å². The van der Waals surface area contributed by atoms with Crippen LogP contribution in [0.25, 0.3) is 0 Å². The summed E-state index contributed by atoms with van der Waals surface area (Å²) in [5.74, 6) is 1.36. The molecule has 3 rings (SSSR count). The molecule has 0 amide bonds. The van der Waals surface area contributed by atoms with Crippen LogP contribution in [0.2, 0.25) is 0 Å². The number of halogens is 1. The number of hydrogen-bond acceptors (Lipinski definition) is 4. The Labute approximate surface area is 131 Å². The first kappa shape index (κ1) is 14.4. The second-order valence-electron chi connectivity index (χ2n) is 5.02. The molecule has 21 heavy (non-hydrogen) atoms. The van der Waals surface area contributed by atoms with E-state index in [1.165, 1.54) is 0 Å². The highest BCUT2D eigenvalue weighted by Crippen LogP contribution is 2.40. The van der Waals surface area contributed by atoms with Crippen molar-refractivity contribution in [2.24, 2.45) is 0 Å². The van der Waals surface area contributed by atoms with E-state index in [9.17, 15) is 5.11 Å². The van der Waals surface area contributed by atoms with Crippen molar-refractivity contribution in [2.75, 3.05) is 13.2 Å². The number of rotatable bonds is 2. The van der Waals surface area contributed by atoms with E-state index in [1.807, 2.05) is 25.1 Å². The third kappa shape index (κ3) is 2.89. The summed E-state index contributed by atoms with van der Waals surface area (Å²) in [7, 11) is 0. The van der Waals surface area contributed by atoms with Crippen molar-refractivity contribution in [3.8, 4) is 11.5 Å². The van der Waals surface area contributed by atoms with Crippen LogP contribution in [0.15, 0.2) is 35.1 Å². The molecule has 4 nitrogen and oxygen atoms in total. The van der Waals surface area contributed by atoms with E-state index in [-0.39, 0.29) is 0 Å². The molecule has 5 heteroatoms. The minimum atomic E-state index is -0.743. The minimum absolute atomic E-state index is 0.616. The van der Waals surface area contributed by atoms with E-state index < -0.39 is 6.10 Å². The van der Waals surface area contributed by atoms with Gasteiger partial charge in [0.05, 0.1) is 17.7 Å². The van der Waals surface area contributed by atoms with Crippen molar-refractivity contribution >= 4 is 15.9 Å². The van der Waals surface area contributed by atoms with Crippen LogP contribution >= 0.6 is 15.9 Å². The Bertz CT molecular complexity index is 660. The Hall–Kier alpha value is -1.59. The fourth-order valence-corrected chi connectivity index (χ4v) is 2.92. The van der Waals surface area contributed by atoms with Gasteiger partial charge < -0.3 is 14.6 Å². The Morgan fingerprint density at radius 1 is 1.29 bits per heavy atom. The number of hydrogen-bond donors (Lipinski definition) is 1. The van der Waals surface area contributed by atoms with E-state index >= 15 is 0 Å². The lowest BCUT2D eigenvalue weighted by Gasteiger charge is -2.17. The average molecular weight is 350 g/mol. The van der Waals surface area contributed by atoms with Crippen molar-refractivity contribution in [1.29, 1.82) is 0 Å². The molecule has 1 aliphatic rings. The second kappa shape index (κ2) is 6.03. The standard InChI is InChI=1S/C16H16BrNO3/c1-10-3-4-18-9-12(10)15(19)11-7-13(17)16-14(8-11)20-5-2-6-21-16/h3-4,7-9,15,19H,2,5-6H2,1H3. The van der Waals surface area contributed by atoms with Gasteiger partial charge in [-0.15, -0.1) is 0 Å². The molecule has 1 aromatic carbocycles. The summed E-state index contributed by atoms with van der Waals surface area (Å²) >= 11 is 3.50. The topological polar surface area (TPSA) is 51.6 Å². The quantitative estimate of drug-likeness (QED) is 0.902. The molecule has 2 heterocycles. The summed E-state index contributed by atoms with van der Waals surface area (Å²) in [6.45, 7) is 3.21. The molecular weight excluding hydrogens is 334 g/mol. The van der Waals surface area contributed by atoms with Gasteiger partial charge in [0.1, 0.15) is 6.10 Å². The van der Waals surface area contributed by atoms with Crippen LogP contribution < -0.4 is 9.47 Å². The van der Waals surface area contributed by atoms with Crippen LogP contribution in [0.3, 0.4) is 0 Å². The van der Waals surface area contributed by atoms with Gasteiger partial charge in [-0.05, 0) is 52.2 Å². The number of aromatic nitrogens is 1. The molecule has 1 N–H and O–H groups in total. The Morgan fingerprint density at radius 2 is 2.10 bits per heavy atom. The highest BCUT2D eigenvalue weighted by Gasteiger charge is 2.20. The molecule has 2 aromatic rings. The molecular formula is C16H16BrNO3. The maximum atomic E-state index is 10.6. The SMILES string of the molecule is Cc1ccncc1C(O)c1cc(Br)c2c(c1)OCCCO2. The molecule has 1 aromatic heterocycles. The lowest BCUT2D eigenvalue weighted by molar-refractivity contribution is 0.218. The van der Waals surface area contributed by atoms with Gasteiger partial charge in [0, 0.05) is 24.4 Å². The lowest BCUT2D eigenvalue weighted by atomic mass is 9.99. The molecule has 0 fully saturated rings. The zero-order valence-corrected chi connectivity index (χ0v) is 13.3. The number of nitrogens with zero attached hydrogens (tertiary/aromatic N) is 1. The molecule has 1 aliphatic heterocycles. The third-order valence-corrected chi connectivity index (χ3v) is 4.10. The predicted octanol–water partition coefficient (Wildman–Crippen LogP) is 3.40. The van der Waals surface area contributed by atoms with E-state index in [1.54, 1.807) is 12.4 Å². The Balaban J connectivity index is 2.01. The van der Waals surface area contributed by atoms with Crippen LogP contribution in [0.1, 0.15) is 29.2 Å². The van der Waals surface area contributed by atoms with Crippen molar-refractivity contribution < 1.29 is 14.6 Å². The van der Waals surface area contributed by atoms with E-state index in [2.05, 4.69) is 20.9 Å². The highest BCUT2D eigenvalue weighted by atomic mass is 79.9. The molecule has 0 spiro atoms. The zero-order valence-electron chi connectivity index (χ0n) is 11.7. The summed E-state index contributed by atoms with van der Waals surface area (Å²) in [5.41, 5.74) is 2.54. The first-order valence-electron chi connectivity index (χ1n) is 6.84. The van der Waals surface area contributed by atoms with Gasteiger partial charge in [-0.3, -0.25) is 4.98 Å². The van der Waals surface area contributed by atoms with Gasteiger partial charge in [-0.25, -0.2) is 0 Å². The van der Waals surface area contributed by atoms with Crippen molar-refractivity contribution in [3.63, 3.8) is 0 Å².